The number of rotatable bonds is 6. The van der Waals surface area contributed by atoms with Gasteiger partial charge in [0.1, 0.15) is 5.75 Å². The molecule has 0 aliphatic carbocycles. The van der Waals surface area contributed by atoms with Crippen LogP contribution in [0.5, 0.6) is 5.75 Å². The summed E-state index contributed by atoms with van der Waals surface area (Å²) in [6, 6.07) is 6.66. The summed E-state index contributed by atoms with van der Waals surface area (Å²) >= 11 is 5.80. The second-order valence-electron chi connectivity index (χ2n) is 3.82. The van der Waals surface area contributed by atoms with Gasteiger partial charge in [-0.15, -0.1) is 6.42 Å². The molecule has 3 nitrogen and oxygen atoms in total. The van der Waals surface area contributed by atoms with E-state index < -0.39 is 0 Å². The van der Waals surface area contributed by atoms with E-state index in [1.165, 1.54) is 0 Å². The van der Waals surface area contributed by atoms with Gasteiger partial charge < -0.3 is 10.1 Å². The van der Waals surface area contributed by atoms with Crippen molar-refractivity contribution in [3.05, 3.63) is 29.3 Å². The fourth-order valence-electron chi connectivity index (χ4n) is 1.43. The van der Waals surface area contributed by atoms with Crippen LogP contribution in [0.1, 0.15) is 19.8 Å². The molecule has 0 bridgehead atoms. The maximum Gasteiger partial charge on any atom is 0.258 e. The zero-order chi connectivity index (χ0) is 13.4. The Balaban J connectivity index is 2.39. The monoisotopic (exact) mass is 265 g/mol. The molecule has 0 spiro atoms. The number of halogens is 1. The van der Waals surface area contributed by atoms with Crippen LogP contribution in [0, 0.1) is 12.3 Å². The first-order chi connectivity index (χ1) is 8.65. The number of benzene rings is 1. The van der Waals surface area contributed by atoms with Crippen molar-refractivity contribution in [2.75, 3.05) is 6.61 Å². The summed E-state index contributed by atoms with van der Waals surface area (Å²) in [5.41, 5.74) is 0. The Hall–Kier alpha value is -1.66. The lowest BCUT2D eigenvalue weighted by atomic mass is 10.2. The number of terminal acetylenes is 1. The Morgan fingerprint density at radius 2 is 2.39 bits per heavy atom. The lowest BCUT2D eigenvalue weighted by molar-refractivity contribution is -0.123. The van der Waals surface area contributed by atoms with Crippen LogP contribution >= 0.6 is 11.6 Å². The van der Waals surface area contributed by atoms with Crippen LogP contribution in [0.25, 0.3) is 0 Å². The maximum atomic E-state index is 11.6. The Bertz CT molecular complexity index is 440. The predicted molar refractivity (Wildman–Crippen MR) is 72.6 cm³/mol. The highest BCUT2D eigenvalue weighted by Crippen LogP contribution is 2.16. The number of carbonyl (C=O) groups is 1. The number of carbonyl (C=O) groups excluding carboxylic acids is 1. The minimum atomic E-state index is -0.231. The molecule has 1 atom stereocenters. The summed E-state index contributed by atoms with van der Waals surface area (Å²) in [6.45, 7) is 1.95. The molecule has 0 aliphatic heterocycles. The third kappa shape index (κ3) is 5.11. The van der Waals surface area contributed by atoms with Crippen molar-refractivity contribution in [3.63, 3.8) is 0 Å². The van der Waals surface area contributed by atoms with Crippen molar-refractivity contribution in [1.29, 1.82) is 0 Å². The van der Waals surface area contributed by atoms with Gasteiger partial charge in [-0.2, -0.15) is 0 Å². The minimum absolute atomic E-state index is 0.0672. The van der Waals surface area contributed by atoms with Gasteiger partial charge in [0.2, 0.25) is 0 Å². The number of hydrogen-bond donors (Lipinski definition) is 1. The van der Waals surface area contributed by atoms with Crippen molar-refractivity contribution >= 4 is 17.5 Å². The lowest BCUT2D eigenvalue weighted by Gasteiger charge is -2.12. The zero-order valence-electron chi connectivity index (χ0n) is 10.3. The van der Waals surface area contributed by atoms with E-state index in [1.807, 2.05) is 6.92 Å². The van der Waals surface area contributed by atoms with E-state index in [2.05, 4.69) is 11.2 Å². The van der Waals surface area contributed by atoms with Gasteiger partial charge in [-0.3, -0.25) is 4.79 Å². The first kappa shape index (κ1) is 14.4. The Kier molecular flexibility index (Phi) is 6.10. The van der Waals surface area contributed by atoms with Crippen molar-refractivity contribution in [2.24, 2.45) is 0 Å². The molecule has 4 heteroatoms. The summed E-state index contributed by atoms with van der Waals surface area (Å²) in [7, 11) is 0. The second-order valence-corrected chi connectivity index (χ2v) is 4.26. The largest absolute Gasteiger partial charge is 0.484 e. The van der Waals surface area contributed by atoms with E-state index in [9.17, 15) is 4.79 Å². The van der Waals surface area contributed by atoms with E-state index in [4.69, 9.17) is 22.8 Å². The average molecular weight is 266 g/mol. The highest BCUT2D eigenvalue weighted by molar-refractivity contribution is 6.30. The summed E-state index contributed by atoms with van der Waals surface area (Å²) in [6.07, 6.45) is 7.00. The van der Waals surface area contributed by atoms with Crippen molar-refractivity contribution in [3.8, 4) is 18.1 Å². The first-order valence-electron chi connectivity index (χ1n) is 5.79. The molecule has 0 aromatic heterocycles. The fraction of sp³-hybridized carbons (Fsp3) is 0.357. The van der Waals surface area contributed by atoms with E-state index in [-0.39, 0.29) is 18.6 Å². The molecule has 1 aromatic carbocycles. The third-order valence-corrected chi connectivity index (χ3v) is 2.51. The van der Waals surface area contributed by atoms with Gasteiger partial charge in [0.25, 0.3) is 5.91 Å². The first-order valence-corrected chi connectivity index (χ1v) is 6.17. The van der Waals surface area contributed by atoms with Crippen molar-refractivity contribution in [2.45, 2.75) is 25.8 Å². The van der Waals surface area contributed by atoms with E-state index in [0.717, 1.165) is 12.8 Å². The average Bonchev–Trinajstić information content (AvgIpc) is 2.36. The molecule has 0 saturated carbocycles. The van der Waals surface area contributed by atoms with Gasteiger partial charge in [-0.1, -0.05) is 36.9 Å². The lowest BCUT2D eigenvalue weighted by Crippen LogP contribution is -2.36. The minimum Gasteiger partial charge on any atom is -0.484 e. The van der Waals surface area contributed by atoms with Gasteiger partial charge >= 0.3 is 0 Å². The van der Waals surface area contributed by atoms with Gasteiger partial charge in [0.05, 0.1) is 6.04 Å². The van der Waals surface area contributed by atoms with Gasteiger partial charge in [-0.05, 0) is 24.6 Å². The second kappa shape index (κ2) is 7.62. The summed E-state index contributed by atoms with van der Waals surface area (Å²) in [5, 5.41) is 3.29. The number of hydrogen-bond acceptors (Lipinski definition) is 2. The Morgan fingerprint density at radius 3 is 3.00 bits per heavy atom. The molecule has 0 fully saturated rings. The normalized spacial score (nSPS) is 11.4. The molecule has 1 rings (SSSR count). The van der Waals surface area contributed by atoms with E-state index in [0.29, 0.717) is 10.8 Å². The van der Waals surface area contributed by atoms with E-state index in [1.54, 1.807) is 24.3 Å². The fourth-order valence-corrected chi connectivity index (χ4v) is 1.61. The number of nitrogens with one attached hydrogen (secondary N) is 1. The van der Waals surface area contributed by atoms with Crippen LogP contribution in [-0.2, 0) is 4.79 Å². The summed E-state index contributed by atoms with van der Waals surface area (Å²) in [4.78, 5) is 11.6. The summed E-state index contributed by atoms with van der Waals surface area (Å²) < 4.78 is 5.31. The Labute approximate surface area is 112 Å². The van der Waals surface area contributed by atoms with Crippen molar-refractivity contribution < 1.29 is 9.53 Å². The molecule has 0 heterocycles. The maximum absolute atomic E-state index is 11.6. The molecule has 0 radical (unpaired) electrons. The highest BCUT2D eigenvalue weighted by Gasteiger charge is 2.09. The van der Waals surface area contributed by atoms with Crippen LogP contribution in [0.2, 0.25) is 5.02 Å². The summed E-state index contributed by atoms with van der Waals surface area (Å²) in [5.74, 6) is 2.86. The van der Waals surface area contributed by atoms with Gasteiger partial charge in [-0.25, -0.2) is 0 Å². The molecule has 18 heavy (non-hydrogen) atoms. The van der Waals surface area contributed by atoms with Crippen LogP contribution < -0.4 is 10.1 Å². The standard InChI is InChI=1S/C14H16ClNO2/c1-3-6-12(4-2)16-14(17)10-18-13-8-5-7-11(15)9-13/h2,5,7-9,12H,3,6,10H2,1H3,(H,16,17). The van der Waals surface area contributed by atoms with Crippen LogP contribution in [0.4, 0.5) is 0 Å². The van der Waals surface area contributed by atoms with Crippen LogP contribution in [-0.4, -0.2) is 18.6 Å². The van der Waals surface area contributed by atoms with E-state index >= 15 is 0 Å². The van der Waals surface area contributed by atoms with Crippen LogP contribution in [0.3, 0.4) is 0 Å². The number of ether oxygens (including phenoxy) is 1. The van der Waals surface area contributed by atoms with Crippen molar-refractivity contribution in [1.82, 2.24) is 5.32 Å². The van der Waals surface area contributed by atoms with Crippen LogP contribution in [0.15, 0.2) is 24.3 Å². The zero-order valence-corrected chi connectivity index (χ0v) is 11.0. The Morgan fingerprint density at radius 1 is 1.61 bits per heavy atom. The molecule has 0 aliphatic rings. The molecule has 1 amide bonds. The predicted octanol–water partition coefficient (Wildman–Crippen LogP) is 2.64. The topological polar surface area (TPSA) is 38.3 Å². The molecule has 1 N–H and O–H groups in total. The molecule has 1 aromatic rings. The third-order valence-electron chi connectivity index (χ3n) is 2.28. The molecule has 1 unspecified atom stereocenters. The molecular weight excluding hydrogens is 250 g/mol. The molecular formula is C14H16ClNO2. The molecule has 96 valence electrons. The highest BCUT2D eigenvalue weighted by atomic mass is 35.5. The smallest absolute Gasteiger partial charge is 0.258 e. The SMILES string of the molecule is C#CC(CCC)NC(=O)COc1cccc(Cl)c1. The van der Waals surface area contributed by atoms with Gasteiger partial charge in [0, 0.05) is 5.02 Å². The van der Waals surface area contributed by atoms with Gasteiger partial charge in [0.15, 0.2) is 6.61 Å². The quantitative estimate of drug-likeness (QED) is 0.803. The number of amides is 1. The molecule has 0 saturated heterocycles.